The van der Waals surface area contributed by atoms with Crippen LogP contribution in [0.1, 0.15) is 48.9 Å². The highest BCUT2D eigenvalue weighted by atomic mass is 16.3. The SMILES string of the molecule is CCNC(=NCc1ccc(C(N)=O)o1)NC1CCCC1. The third kappa shape index (κ3) is 4.01. The van der Waals surface area contributed by atoms with Crippen LogP contribution in [0.4, 0.5) is 0 Å². The summed E-state index contributed by atoms with van der Waals surface area (Å²) in [5.41, 5.74) is 5.15. The van der Waals surface area contributed by atoms with E-state index >= 15 is 0 Å². The van der Waals surface area contributed by atoms with Gasteiger partial charge in [-0.1, -0.05) is 12.8 Å². The Morgan fingerprint density at radius 1 is 1.45 bits per heavy atom. The number of rotatable bonds is 5. The van der Waals surface area contributed by atoms with Crippen LogP contribution in [-0.4, -0.2) is 24.5 Å². The molecule has 6 heteroatoms. The molecule has 2 rings (SSSR count). The van der Waals surface area contributed by atoms with Crippen molar-refractivity contribution in [3.05, 3.63) is 23.7 Å². The molecule has 0 aliphatic heterocycles. The molecule has 20 heavy (non-hydrogen) atoms. The fourth-order valence-electron chi connectivity index (χ4n) is 2.34. The molecule has 1 aromatic rings. The van der Waals surface area contributed by atoms with Gasteiger partial charge in [0.15, 0.2) is 11.7 Å². The Labute approximate surface area is 118 Å². The number of primary amides is 1. The van der Waals surface area contributed by atoms with Crippen molar-refractivity contribution < 1.29 is 9.21 Å². The second-order valence-corrected chi connectivity index (χ2v) is 4.95. The normalized spacial score (nSPS) is 16.4. The van der Waals surface area contributed by atoms with E-state index in [-0.39, 0.29) is 5.76 Å². The molecule has 1 heterocycles. The van der Waals surface area contributed by atoms with Crippen molar-refractivity contribution in [2.75, 3.05) is 6.54 Å². The van der Waals surface area contributed by atoms with Crippen LogP contribution in [0, 0.1) is 0 Å². The lowest BCUT2D eigenvalue weighted by Gasteiger charge is -2.16. The number of furan rings is 1. The number of guanidine groups is 1. The number of nitrogens with two attached hydrogens (primary N) is 1. The fourth-order valence-corrected chi connectivity index (χ4v) is 2.34. The summed E-state index contributed by atoms with van der Waals surface area (Å²) < 4.78 is 5.31. The van der Waals surface area contributed by atoms with E-state index in [1.54, 1.807) is 12.1 Å². The molecule has 1 fully saturated rings. The zero-order chi connectivity index (χ0) is 14.4. The topological polar surface area (TPSA) is 92.6 Å². The first kappa shape index (κ1) is 14.4. The number of nitrogens with one attached hydrogen (secondary N) is 2. The van der Waals surface area contributed by atoms with Gasteiger partial charge in [0, 0.05) is 12.6 Å². The summed E-state index contributed by atoms with van der Waals surface area (Å²) in [4.78, 5) is 15.4. The summed E-state index contributed by atoms with van der Waals surface area (Å²) in [6.45, 7) is 3.22. The lowest BCUT2D eigenvalue weighted by Crippen LogP contribution is -2.42. The molecule has 6 nitrogen and oxygen atoms in total. The summed E-state index contributed by atoms with van der Waals surface area (Å²) in [6.07, 6.45) is 4.93. The van der Waals surface area contributed by atoms with Gasteiger partial charge in [0.1, 0.15) is 12.3 Å². The van der Waals surface area contributed by atoms with Gasteiger partial charge in [0.25, 0.3) is 5.91 Å². The molecule has 0 atom stereocenters. The quantitative estimate of drug-likeness (QED) is 0.560. The van der Waals surface area contributed by atoms with Crippen LogP contribution in [-0.2, 0) is 6.54 Å². The molecule has 0 unspecified atom stereocenters. The van der Waals surface area contributed by atoms with E-state index in [1.807, 2.05) is 6.92 Å². The van der Waals surface area contributed by atoms with E-state index in [1.165, 1.54) is 25.7 Å². The van der Waals surface area contributed by atoms with Crippen molar-refractivity contribution in [1.82, 2.24) is 10.6 Å². The van der Waals surface area contributed by atoms with Crippen LogP contribution >= 0.6 is 0 Å². The smallest absolute Gasteiger partial charge is 0.284 e. The molecule has 0 spiro atoms. The van der Waals surface area contributed by atoms with Crippen LogP contribution < -0.4 is 16.4 Å². The third-order valence-electron chi connectivity index (χ3n) is 3.34. The number of nitrogens with zero attached hydrogens (tertiary/aromatic N) is 1. The van der Waals surface area contributed by atoms with Crippen LogP contribution in [0.25, 0.3) is 0 Å². The minimum atomic E-state index is -0.559. The molecule has 1 aliphatic rings. The maximum atomic E-state index is 11.0. The third-order valence-corrected chi connectivity index (χ3v) is 3.34. The maximum Gasteiger partial charge on any atom is 0.284 e. The molecule has 0 aromatic carbocycles. The fraction of sp³-hybridized carbons (Fsp3) is 0.571. The van der Waals surface area contributed by atoms with Crippen molar-refractivity contribution in [3.8, 4) is 0 Å². The molecule has 110 valence electrons. The van der Waals surface area contributed by atoms with Gasteiger partial charge in [-0.05, 0) is 31.9 Å². The van der Waals surface area contributed by atoms with Gasteiger partial charge in [-0.3, -0.25) is 4.79 Å². The van der Waals surface area contributed by atoms with Gasteiger partial charge in [-0.15, -0.1) is 0 Å². The van der Waals surface area contributed by atoms with E-state index in [9.17, 15) is 4.79 Å². The average molecular weight is 278 g/mol. The lowest BCUT2D eigenvalue weighted by atomic mass is 10.2. The predicted octanol–water partition coefficient (Wildman–Crippen LogP) is 1.38. The molecule has 1 saturated carbocycles. The van der Waals surface area contributed by atoms with Gasteiger partial charge in [0.2, 0.25) is 0 Å². The van der Waals surface area contributed by atoms with Gasteiger partial charge < -0.3 is 20.8 Å². The van der Waals surface area contributed by atoms with Crippen molar-refractivity contribution >= 4 is 11.9 Å². The number of carbonyl (C=O) groups excluding carboxylic acids is 1. The Morgan fingerprint density at radius 3 is 2.80 bits per heavy atom. The van der Waals surface area contributed by atoms with Crippen LogP contribution in [0.3, 0.4) is 0 Å². The second-order valence-electron chi connectivity index (χ2n) is 4.95. The van der Waals surface area contributed by atoms with E-state index in [2.05, 4.69) is 15.6 Å². The van der Waals surface area contributed by atoms with Gasteiger partial charge in [0.05, 0.1) is 0 Å². The Morgan fingerprint density at radius 2 is 2.20 bits per heavy atom. The molecular weight excluding hydrogens is 256 g/mol. The zero-order valence-corrected chi connectivity index (χ0v) is 11.8. The first-order valence-corrected chi connectivity index (χ1v) is 7.12. The first-order chi connectivity index (χ1) is 9.69. The maximum absolute atomic E-state index is 11.0. The average Bonchev–Trinajstić information content (AvgIpc) is 3.07. The largest absolute Gasteiger partial charge is 0.454 e. The molecule has 0 saturated heterocycles. The highest BCUT2D eigenvalue weighted by Crippen LogP contribution is 2.17. The van der Waals surface area contributed by atoms with Crippen molar-refractivity contribution in [2.45, 2.75) is 45.2 Å². The lowest BCUT2D eigenvalue weighted by molar-refractivity contribution is 0.0972. The molecule has 1 aromatic heterocycles. The van der Waals surface area contributed by atoms with Gasteiger partial charge in [-0.2, -0.15) is 0 Å². The molecule has 1 aliphatic carbocycles. The number of aliphatic imine (C=N–C) groups is 1. The van der Waals surface area contributed by atoms with Crippen molar-refractivity contribution in [3.63, 3.8) is 0 Å². The number of amides is 1. The summed E-state index contributed by atoms with van der Waals surface area (Å²) >= 11 is 0. The predicted molar refractivity (Wildman–Crippen MR) is 77.4 cm³/mol. The van der Waals surface area contributed by atoms with Gasteiger partial charge >= 0.3 is 0 Å². The van der Waals surface area contributed by atoms with Gasteiger partial charge in [-0.25, -0.2) is 4.99 Å². The minimum Gasteiger partial charge on any atom is -0.454 e. The monoisotopic (exact) mass is 278 g/mol. The summed E-state index contributed by atoms with van der Waals surface area (Å²) in [5, 5.41) is 6.64. The van der Waals surface area contributed by atoms with Crippen molar-refractivity contribution in [2.24, 2.45) is 10.7 Å². The highest BCUT2D eigenvalue weighted by Gasteiger charge is 2.16. The van der Waals surface area contributed by atoms with E-state index in [0.717, 1.165) is 12.5 Å². The minimum absolute atomic E-state index is 0.170. The first-order valence-electron chi connectivity index (χ1n) is 7.12. The van der Waals surface area contributed by atoms with Crippen LogP contribution in [0.2, 0.25) is 0 Å². The molecule has 0 radical (unpaired) electrons. The molecule has 4 N–H and O–H groups in total. The Bertz CT molecular complexity index is 475. The Balaban J connectivity index is 1.94. The van der Waals surface area contributed by atoms with Crippen LogP contribution in [0.5, 0.6) is 0 Å². The summed E-state index contributed by atoms with van der Waals surface area (Å²) in [7, 11) is 0. The Hall–Kier alpha value is -1.98. The second kappa shape index (κ2) is 6.98. The number of carbonyl (C=O) groups is 1. The molecule has 0 bridgehead atoms. The van der Waals surface area contributed by atoms with E-state index < -0.39 is 5.91 Å². The highest BCUT2D eigenvalue weighted by molar-refractivity contribution is 5.89. The van der Waals surface area contributed by atoms with E-state index in [0.29, 0.717) is 18.3 Å². The summed E-state index contributed by atoms with van der Waals surface area (Å²) in [6, 6.07) is 3.80. The molecular formula is C14H22N4O2. The van der Waals surface area contributed by atoms with Crippen LogP contribution in [0.15, 0.2) is 21.5 Å². The van der Waals surface area contributed by atoms with E-state index in [4.69, 9.17) is 10.2 Å². The number of hydrogen-bond acceptors (Lipinski definition) is 3. The standard InChI is InChI=1S/C14H22N4O2/c1-2-16-14(18-10-5-3-4-6-10)17-9-11-7-8-12(20-11)13(15)19/h7-8,10H,2-6,9H2,1H3,(H2,15,19)(H2,16,17,18). The molecule has 1 amide bonds. The zero-order valence-electron chi connectivity index (χ0n) is 11.8. The summed E-state index contributed by atoms with van der Waals surface area (Å²) in [5.74, 6) is 1.03. The van der Waals surface area contributed by atoms with Crippen molar-refractivity contribution in [1.29, 1.82) is 0 Å². The number of hydrogen-bond donors (Lipinski definition) is 3. The Kier molecular flexibility index (Phi) is 5.03.